The summed E-state index contributed by atoms with van der Waals surface area (Å²) in [7, 11) is 0. The van der Waals surface area contributed by atoms with E-state index >= 15 is 0 Å². The van der Waals surface area contributed by atoms with Gasteiger partial charge in [-0.2, -0.15) is 4.39 Å². The molecule has 1 aliphatic heterocycles. The number of nitrogens with zero attached hydrogens (tertiary/aromatic N) is 2. The Hall–Kier alpha value is -1.79. The standard InChI is InChI=1S/C12H11F2N3O5S/c13-5-3-1-17(11-8(20)7(19)4(2-18)22-11)12(23)16-9(3)15-10(21)6(5)14/h1,4,7-8,11,18-20H,2H2,(H,15,16,21,23)/t4-,7?,8?,11-/m1/s1. The summed E-state index contributed by atoms with van der Waals surface area (Å²) in [5, 5.41) is 28.4. The molecule has 3 rings (SSSR count). The zero-order valence-corrected chi connectivity index (χ0v) is 12.1. The van der Waals surface area contributed by atoms with E-state index in [2.05, 4.69) is 4.98 Å². The summed E-state index contributed by atoms with van der Waals surface area (Å²) in [6.07, 6.45) is -4.15. The van der Waals surface area contributed by atoms with Gasteiger partial charge in [0.2, 0.25) is 10.6 Å². The van der Waals surface area contributed by atoms with Gasteiger partial charge in [-0.05, 0) is 12.2 Å². The highest BCUT2D eigenvalue weighted by Crippen LogP contribution is 2.30. The molecule has 0 radical (unpaired) electrons. The van der Waals surface area contributed by atoms with E-state index in [1.807, 2.05) is 4.98 Å². The van der Waals surface area contributed by atoms with Gasteiger partial charge in [0, 0.05) is 6.20 Å². The summed E-state index contributed by atoms with van der Waals surface area (Å²) in [6.45, 7) is -0.556. The van der Waals surface area contributed by atoms with E-state index in [-0.39, 0.29) is 15.8 Å². The molecule has 124 valence electrons. The topological polar surface area (TPSA) is 121 Å². The number of ether oxygens (including phenoxy) is 1. The van der Waals surface area contributed by atoms with Crippen molar-refractivity contribution in [1.82, 2.24) is 14.5 Å². The molecular formula is C12H11F2N3O5S. The van der Waals surface area contributed by atoms with Crippen molar-refractivity contribution in [1.29, 1.82) is 0 Å². The lowest BCUT2D eigenvalue weighted by atomic mass is 10.1. The summed E-state index contributed by atoms with van der Waals surface area (Å²) in [4.78, 5) is 17.0. The van der Waals surface area contributed by atoms with Gasteiger partial charge in [0.05, 0.1) is 12.0 Å². The molecule has 11 heteroatoms. The first-order valence-corrected chi connectivity index (χ1v) is 6.88. The summed E-state index contributed by atoms with van der Waals surface area (Å²) in [5.41, 5.74) is -1.54. The molecule has 0 aromatic carbocycles. The van der Waals surface area contributed by atoms with Crippen LogP contribution < -0.4 is 5.56 Å². The van der Waals surface area contributed by atoms with Gasteiger partial charge in [0.1, 0.15) is 24.0 Å². The molecule has 4 atom stereocenters. The molecule has 0 saturated carbocycles. The Labute approximate surface area is 131 Å². The van der Waals surface area contributed by atoms with Gasteiger partial charge in [0.25, 0.3) is 5.56 Å². The zero-order valence-electron chi connectivity index (χ0n) is 11.3. The second-order valence-corrected chi connectivity index (χ2v) is 5.37. The van der Waals surface area contributed by atoms with Crippen LogP contribution >= 0.6 is 12.2 Å². The molecule has 23 heavy (non-hydrogen) atoms. The van der Waals surface area contributed by atoms with E-state index in [4.69, 9.17) is 22.1 Å². The van der Waals surface area contributed by atoms with Crippen molar-refractivity contribution in [2.45, 2.75) is 24.5 Å². The van der Waals surface area contributed by atoms with Gasteiger partial charge in [-0.3, -0.25) is 9.36 Å². The smallest absolute Gasteiger partial charge is 0.288 e. The van der Waals surface area contributed by atoms with Gasteiger partial charge < -0.3 is 25.0 Å². The van der Waals surface area contributed by atoms with Gasteiger partial charge in [-0.15, -0.1) is 0 Å². The minimum Gasteiger partial charge on any atom is -0.394 e. The highest BCUT2D eigenvalue weighted by molar-refractivity contribution is 7.71. The Bertz CT molecular complexity index is 885. The van der Waals surface area contributed by atoms with E-state index in [9.17, 15) is 23.8 Å². The van der Waals surface area contributed by atoms with Gasteiger partial charge in [0.15, 0.2) is 12.0 Å². The van der Waals surface area contributed by atoms with E-state index in [1.54, 1.807) is 0 Å². The fourth-order valence-corrected chi connectivity index (χ4v) is 2.65. The van der Waals surface area contributed by atoms with Crippen molar-refractivity contribution in [2.75, 3.05) is 6.61 Å². The van der Waals surface area contributed by atoms with Crippen LogP contribution in [0.2, 0.25) is 0 Å². The maximum absolute atomic E-state index is 13.9. The molecule has 2 unspecified atom stereocenters. The SMILES string of the molecule is O=c1[nH]c2nc(=S)n([C@@H]3O[C@H](CO)C(O)C3O)cc2c(F)c1F. The van der Waals surface area contributed by atoms with Gasteiger partial charge in [-0.25, -0.2) is 9.37 Å². The number of fused-ring (bicyclic) bond motifs is 1. The fraction of sp³-hybridized carbons (Fsp3) is 0.417. The highest BCUT2D eigenvalue weighted by atomic mass is 32.1. The molecule has 1 fully saturated rings. The molecule has 1 aliphatic rings. The van der Waals surface area contributed by atoms with E-state index in [1.165, 1.54) is 0 Å². The first-order chi connectivity index (χ1) is 10.8. The minimum absolute atomic E-state index is 0.200. The molecule has 8 nitrogen and oxygen atoms in total. The number of halogens is 2. The van der Waals surface area contributed by atoms with E-state index in [0.717, 1.165) is 10.8 Å². The fourth-order valence-electron chi connectivity index (χ4n) is 2.40. The second kappa shape index (κ2) is 5.69. The van der Waals surface area contributed by atoms with Gasteiger partial charge >= 0.3 is 0 Å². The molecule has 3 heterocycles. The van der Waals surface area contributed by atoms with E-state index in [0.29, 0.717) is 0 Å². The Kier molecular flexibility index (Phi) is 3.98. The summed E-state index contributed by atoms with van der Waals surface area (Å²) in [5.74, 6) is -3.03. The molecule has 2 aromatic rings. The van der Waals surface area contributed by atoms with Crippen molar-refractivity contribution in [2.24, 2.45) is 0 Å². The van der Waals surface area contributed by atoms with Crippen molar-refractivity contribution < 1.29 is 28.8 Å². The summed E-state index contributed by atoms with van der Waals surface area (Å²) < 4.78 is 33.4. The monoisotopic (exact) mass is 347 g/mol. The predicted octanol–water partition coefficient (Wildman–Crippen LogP) is -0.656. The predicted molar refractivity (Wildman–Crippen MR) is 74.1 cm³/mol. The molecule has 0 bridgehead atoms. The van der Waals surface area contributed by atoms with Crippen LogP contribution in [0, 0.1) is 16.4 Å². The molecule has 0 amide bonds. The van der Waals surface area contributed by atoms with Crippen LogP contribution in [-0.2, 0) is 4.74 Å². The third kappa shape index (κ3) is 2.46. The molecule has 1 saturated heterocycles. The van der Waals surface area contributed by atoms with Crippen LogP contribution in [0.5, 0.6) is 0 Å². The number of hydrogen-bond acceptors (Lipinski definition) is 7. The largest absolute Gasteiger partial charge is 0.394 e. The molecule has 4 N–H and O–H groups in total. The van der Waals surface area contributed by atoms with Gasteiger partial charge in [-0.1, -0.05) is 0 Å². The third-order valence-electron chi connectivity index (χ3n) is 3.60. The van der Waals surface area contributed by atoms with Crippen molar-refractivity contribution in [3.63, 3.8) is 0 Å². The van der Waals surface area contributed by atoms with Crippen molar-refractivity contribution in [3.05, 3.63) is 33.0 Å². The Morgan fingerprint density at radius 1 is 1.35 bits per heavy atom. The number of aliphatic hydroxyl groups is 3. The average molecular weight is 347 g/mol. The number of aliphatic hydroxyl groups excluding tert-OH is 3. The average Bonchev–Trinajstić information content (AvgIpc) is 2.80. The van der Waals surface area contributed by atoms with Crippen LogP contribution in [0.3, 0.4) is 0 Å². The number of rotatable bonds is 2. The van der Waals surface area contributed by atoms with Crippen LogP contribution in [0.4, 0.5) is 8.78 Å². The number of aromatic nitrogens is 3. The van der Waals surface area contributed by atoms with Crippen molar-refractivity contribution in [3.8, 4) is 0 Å². The molecule has 2 aromatic heterocycles. The van der Waals surface area contributed by atoms with Crippen LogP contribution in [-0.4, -0.2) is 54.8 Å². The number of aromatic amines is 1. The third-order valence-corrected chi connectivity index (χ3v) is 3.91. The summed E-state index contributed by atoms with van der Waals surface area (Å²) in [6, 6.07) is 0. The second-order valence-electron chi connectivity index (χ2n) is 5.00. The lowest BCUT2D eigenvalue weighted by Crippen LogP contribution is -2.33. The number of H-pyrrole nitrogens is 1. The van der Waals surface area contributed by atoms with E-state index < -0.39 is 48.3 Å². The van der Waals surface area contributed by atoms with Crippen LogP contribution in [0.25, 0.3) is 11.0 Å². The van der Waals surface area contributed by atoms with Crippen LogP contribution in [0.1, 0.15) is 6.23 Å². The number of pyridine rings is 1. The lowest BCUT2D eigenvalue weighted by Gasteiger charge is -2.18. The first kappa shape index (κ1) is 16.1. The number of nitrogens with one attached hydrogen (secondary N) is 1. The van der Waals surface area contributed by atoms with Crippen LogP contribution in [0.15, 0.2) is 11.0 Å². The highest BCUT2D eigenvalue weighted by Gasteiger charge is 2.43. The minimum atomic E-state index is -1.61. The molecular weight excluding hydrogens is 336 g/mol. The first-order valence-electron chi connectivity index (χ1n) is 6.47. The zero-order chi connectivity index (χ0) is 16.9. The summed E-state index contributed by atoms with van der Waals surface area (Å²) >= 11 is 4.98. The molecule has 0 spiro atoms. The maximum atomic E-state index is 13.9. The maximum Gasteiger partial charge on any atom is 0.288 e. The lowest BCUT2D eigenvalue weighted by molar-refractivity contribution is -0.0539. The Morgan fingerprint density at radius 2 is 2.04 bits per heavy atom. The Balaban J connectivity index is 2.18. The molecule has 0 aliphatic carbocycles. The Morgan fingerprint density at radius 3 is 2.65 bits per heavy atom. The quantitative estimate of drug-likeness (QED) is 0.533. The number of hydrogen-bond donors (Lipinski definition) is 4. The normalized spacial score (nSPS) is 27.7. The van der Waals surface area contributed by atoms with Crippen molar-refractivity contribution >= 4 is 23.3 Å².